The second-order valence-electron chi connectivity index (χ2n) is 5.10. The molecule has 0 bridgehead atoms. The van der Waals surface area contributed by atoms with Gasteiger partial charge in [0.2, 0.25) is 0 Å². The number of aliphatic hydroxyl groups is 1. The summed E-state index contributed by atoms with van der Waals surface area (Å²) in [5, 5.41) is 19.1. The molecule has 1 rings (SSSR count). The highest BCUT2D eigenvalue weighted by Gasteiger charge is 2.17. The van der Waals surface area contributed by atoms with Gasteiger partial charge in [-0.15, -0.1) is 0 Å². The average Bonchev–Trinajstić information content (AvgIpc) is 2.66. The standard InChI is InChI=1S/C6H12N2O.C5H11NO2/c1-2-6(9)8-4-3-7-5-8;1-6(2,3)4-5(7)8/h5-6,9H,2-4H2,1H3;4H2,1-3H3/p+1. The Morgan fingerprint density at radius 2 is 2.18 bits per heavy atom. The number of aliphatic imine (C=N–C) groups is 1. The van der Waals surface area contributed by atoms with Crippen molar-refractivity contribution in [3.8, 4) is 0 Å². The van der Waals surface area contributed by atoms with E-state index in [0.717, 1.165) is 24.4 Å². The minimum atomic E-state index is -1.00. The third-order valence-electron chi connectivity index (χ3n) is 2.20. The summed E-state index contributed by atoms with van der Waals surface area (Å²) < 4.78 is 0.419. The Labute approximate surface area is 103 Å². The number of hydrogen-bond acceptors (Lipinski definition) is 4. The Kier molecular flexibility index (Phi) is 6.94. The van der Waals surface area contributed by atoms with Crippen LogP contribution in [0.1, 0.15) is 13.3 Å². The zero-order valence-electron chi connectivity index (χ0n) is 11.1. The van der Waals surface area contributed by atoms with Crippen molar-refractivity contribution in [3.05, 3.63) is 0 Å². The number of nitrogens with zero attached hydrogens (tertiary/aromatic N) is 2. The van der Waals surface area contributed by atoms with Gasteiger partial charge in [-0.1, -0.05) is 6.92 Å². The highest BCUT2D eigenvalue weighted by atomic mass is 16.4. The van der Waals surface area contributed by atoms with Crippen molar-refractivity contribution in [2.75, 3.05) is 40.8 Å². The minimum Gasteiger partial charge on any atom is -0.544 e. The van der Waals surface area contributed by atoms with Crippen LogP contribution in [0.4, 0.5) is 0 Å². The van der Waals surface area contributed by atoms with Gasteiger partial charge in [0.25, 0.3) is 0 Å². The molecule has 17 heavy (non-hydrogen) atoms. The van der Waals surface area contributed by atoms with Crippen molar-refractivity contribution in [2.45, 2.75) is 19.6 Å². The molecule has 6 heteroatoms. The lowest BCUT2D eigenvalue weighted by molar-refractivity contribution is -0.864. The molecule has 1 aliphatic heterocycles. The number of quaternary nitrogens is 2. The number of likely N-dealkylation sites (N-methyl/N-ethyl adjacent to an activating group) is 1. The fourth-order valence-corrected chi connectivity index (χ4v) is 1.34. The summed E-state index contributed by atoms with van der Waals surface area (Å²) in [6.45, 7) is 3.87. The third kappa shape index (κ3) is 8.79. The molecule has 0 fully saturated rings. The number of hydrogen-bond donors (Lipinski definition) is 2. The summed E-state index contributed by atoms with van der Waals surface area (Å²) in [5.41, 5.74) is 0. The van der Waals surface area contributed by atoms with Gasteiger partial charge in [0, 0.05) is 6.42 Å². The molecule has 6 nitrogen and oxygen atoms in total. The number of carbonyl (C=O) groups excluding carboxylic acids is 1. The predicted molar refractivity (Wildman–Crippen MR) is 63.4 cm³/mol. The molecule has 1 heterocycles. The van der Waals surface area contributed by atoms with E-state index in [0.29, 0.717) is 4.48 Å². The Morgan fingerprint density at radius 3 is 2.41 bits per heavy atom. The normalized spacial score (nSPS) is 20.6. The zero-order chi connectivity index (χ0) is 13.5. The molecule has 0 amide bonds. The summed E-state index contributed by atoms with van der Waals surface area (Å²) >= 11 is 0. The minimum absolute atomic E-state index is 0.0694. The fraction of sp³-hybridized carbons (Fsp3) is 0.818. The predicted octanol–water partition coefficient (Wildman–Crippen LogP) is -2.92. The monoisotopic (exact) mass is 246 g/mol. The molecule has 0 spiro atoms. The summed E-state index contributed by atoms with van der Waals surface area (Å²) in [4.78, 5) is 15.0. The molecular weight excluding hydrogens is 222 g/mol. The SMILES string of the molecule is CCC(O)[NH+]1C=NCC1.C[N+](C)(C)CC(=O)[O-]. The molecule has 2 N–H and O–H groups in total. The Balaban J connectivity index is 0.000000304. The summed E-state index contributed by atoms with van der Waals surface area (Å²) in [6, 6.07) is 0. The van der Waals surface area contributed by atoms with Crippen molar-refractivity contribution in [1.82, 2.24) is 0 Å². The van der Waals surface area contributed by atoms with Gasteiger partial charge < -0.3 is 19.5 Å². The maximum Gasteiger partial charge on any atom is 0.194 e. The molecule has 0 aromatic heterocycles. The second kappa shape index (κ2) is 7.37. The lowest BCUT2D eigenvalue weighted by Gasteiger charge is -2.23. The molecule has 2 unspecified atom stereocenters. The highest BCUT2D eigenvalue weighted by molar-refractivity contribution is 5.65. The smallest absolute Gasteiger partial charge is 0.194 e. The van der Waals surface area contributed by atoms with Gasteiger partial charge in [0.05, 0.1) is 33.7 Å². The molecule has 0 radical (unpaired) electrons. The highest BCUT2D eigenvalue weighted by Crippen LogP contribution is 1.85. The summed E-state index contributed by atoms with van der Waals surface area (Å²) in [5.74, 6) is -1.00. The van der Waals surface area contributed by atoms with Gasteiger partial charge in [0.15, 0.2) is 12.6 Å². The largest absolute Gasteiger partial charge is 0.544 e. The lowest BCUT2D eigenvalue weighted by Crippen LogP contribution is -3.14. The van der Waals surface area contributed by atoms with E-state index in [2.05, 4.69) is 4.99 Å². The van der Waals surface area contributed by atoms with Crippen molar-refractivity contribution >= 4 is 12.3 Å². The summed E-state index contributed by atoms with van der Waals surface area (Å²) in [6.07, 6.45) is 2.37. The van der Waals surface area contributed by atoms with E-state index in [1.807, 2.05) is 6.92 Å². The number of rotatable bonds is 4. The van der Waals surface area contributed by atoms with Gasteiger partial charge in [0.1, 0.15) is 13.1 Å². The molecule has 1 aliphatic rings. The van der Waals surface area contributed by atoms with Crippen LogP contribution in [-0.2, 0) is 4.79 Å². The van der Waals surface area contributed by atoms with Gasteiger partial charge in [-0.3, -0.25) is 4.90 Å². The number of aliphatic carboxylic acids is 1. The van der Waals surface area contributed by atoms with Crippen LogP contribution in [0, 0.1) is 0 Å². The number of carbonyl (C=O) groups is 1. The fourth-order valence-electron chi connectivity index (χ4n) is 1.34. The zero-order valence-corrected chi connectivity index (χ0v) is 11.1. The summed E-state index contributed by atoms with van der Waals surface area (Å²) in [7, 11) is 5.40. The van der Waals surface area contributed by atoms with E-state index in [9.17, 15) is 15.0 Å². The van der Waals surface area contributed by atoms with E-state index < -0.39 is 5.97 Å². The van der Waals surface area contributed by atoms with E-state index in [4.69, 9.17) is 0 Å². The molecular formula is C11H24N3O3+. The van der Waals surface area contributed by atoms with Crippen molar-refractivity contribution < 1.29 is 24.4 Å². The molecule has 0 saturated heterocycles. The Bertz CT molecular complexity index is 261. The van der Waals surface area contributed by atoms with Crippen LogP contribution < -0.4 is 10.0 Å². The second-order valence-corrected chi connectivity index (χ2v) is 5.10. The molecule has 0 aromatic rings. The molecule has 0 aromatic carbocycles. The Morgan fingerprint density at radius 1 is 1.59 bits per heavy atom. The van der Waals surface area contributed by atoms with Gasteiger partial charge in [-0.05, 0) is 0 Å². The van der Waals surface area contributed by atoms with Crippen molar-refractivity contribution in [2.24, 2.45) is 4.99 Å². The van der Waals surface area contributed by atoms with Crippen LogP contribution in [0.25, 0.3) is 0 Å². The van der Waals surface area contributed by atoms with Crippen LogP contribution >= 0.6 is 0 Å². The van der Waals surface area contributed by atoms with Crippen LogP contribution in [-0.4, -0.2) is 68.9 Å². The average molecular weight is 246 g/mol. The quantitative estimate of drug-likeness (QED) is 0.522. The maximum atomic E-state index is 9.89. The van der Waals surface area contributed by atoms with E-state index >= 15 is 0 Å². The number of carboxylic acid groups (broad SMARTS) is 1. The Hall–Kier alpha value is -0.980. The van der Waals surface area contributed by atoms with Crippen LogP contribution in [0.15, 0.2) is 4.99 Å². The molecule has 0 saturated carbocycles. The first-order valence-electron chi connectivity index (χ1n) is 5.80. The molecule has 0 aliphatic carbocycles. The van der Waals surface area contributed by atoms with Crippen LogP contribution in [0.5, 0.6) is 0 Å². The van der Waals surface area contributed by atoms with Gasteiger partial charge in [-0.25, -0.2) is 4.99 Å². The van der Waals surface area contributed by atoms with Crippen molar-refractivity contribution in [3.63, 3.8) is 0 Å². The van der Waals surface area contributed by atoms with Gasteiger partial charge in [-0.2, -0.15) is 0 Å². The van der Waals surface area contributed by atoms with Crippen molar-refractivity contribution in [1.29, 1.82) is 0 Å². The first kappa shape index (κ1) is 16.0. The van der Waals surface area contributed by atoms with Crippen LogP contribution in [0.3, 0.4) is 0 Å². The van der Waals surface area contributed by atoms with Gasteiger partial charge >= 0.3 is 0 Å². The maximum absolute atomic E-state index is 9.89. The first-order chi connectivity index (χ1) is 7.76. The topological polar surface area (TPSA) is 77.2 Å². The molecule has 2 atom stereocenters. The number of carboxylic acids is 1. The molecule has 100 valence electrons. The van der Waals surface area contributed by atoms with E-state index in [-0.39, 0.29) is 12.8 Å². The first-order valence-corrected chi connectivity index (χ1v) is 5.80. The van der Waals surface area contributed by atoms with E-state index in [1.165, 1.54) is 0 Å². The van der Waals surface area contributed by atoms with Crippen LogP contribution in [0.2, 0.25) is 0 Å². The number of aliphatic hydroxyl groups excluding tert-OH is 1. The number of nitrogens with one attached hydrogen (secondary N) is 1. The lowest BCUT2D eigenvalue weighted by atomic mass is 10.4. The third-order valence-corrected chi connectivity index (χ3v) is 2.20. The van der Waals surface area contributed by atoms with E-state index in [1.54, 1.807) is 27.5 Å².